The second-order valence-corrected chi connectivity index (χ2v) is 10.4. The summed E-state index contributed by atoms with van der Waals surface area (Å²) in [7, 11) is 0. The minimum atomic E-state index is -1.17. The molecule has 3 atom stereocenters. The molecule has 1 aliphatic heterocycles. The van der Waals surface area contributed by atoms with E-state index in [4.69, 9.17) is 19.9 Å². The van der Waals surface area contributed by atoms with Gasteiger partial charge in [0.1, 0.15) is 23.7 Å². The number of nitrogens with one attached hydrogen (secondary N) is 1. The largest absolute Gasteiger partial charge is 0.516 e. The van der Waals surface area contributed by atoms with E-state index < -0.39 is 47.7 Å². The van der Waals surface area contributed by atoms with E-state index in [1.807, 2.05) is 36.4 Å². The fraction of sp³-hybridized carbons (Fsp3) is 0.448. The molecule has 0 spiro atoms. The van der Waals surface area contributed by atoms with Crippen molar-refractivity contribution in [3.63, 3.8) is 0 Å². The van der Waals surface area contributed by atoms with Crippen LogP contribution in [0.25, 0.3) is 0 Å². The highest BCUT2D eigenvalue weighted by atomic mass is 16.7. The molecule has 0 aromatic heterocycles. The van der Waals surface area contributed by atoms with Crippen LogP contribution in [0.2, 0.25) is 0 Å². The average Bonchev–Trinajstić information content (AvgIpc) is 3.38. The minimum absolute atomic E-state index is 0.00257. The van der Waals surface area contributed by atoms with Gasteiger partial charge in [-0.05, 0) is 44.7 Å². The number of hydrogen-bond donors (Lipinski definition) is 2. The molecule has 210 valence electrons. The van der Waals surface area contributed by atoms with Crippen molar-refractivity contribution in [1.29, 1.82) is 0 Å². The molecule has 10 nitrogen and oxygen atoms in total. The van der Waals surface area contributed by atoms with Gasteiger partial charge >= 0.3 is 12.1 Å². The van der Waals surface area contributed by atoms with Crippen molar-refractivity contribution in [1.82, 2.24) is 10.2 Å². The van der Waals surface area contributed by atoms with Gasteiger partial charge in [0.15, 0.2) is 0 Å². The quantitative estimate of drug-likeness (QED) is 0.347. The fourth-order valence-corrected chi connectivity index (χ4v) is 4.20. The normalized spacial score (nSPS) is 16.7. The first-order chi connectivity index (χ1) is 18.5. The van der Waals surface area contributed by atoms with Gasteiger partial charge in [0.2, 0.25) is 11.8 Å². The fourth-order valence-electron chi connectivity index (χ4n) is 4.20. The van der Waals surface area contributed by atoms with Gasteiger partial charge in [-0.25, -0.2) is 9.59 Å². The lowest BCUT2D eigenvalue weighted by atomic mass is 10.1. The number of carbonyl (C=O) groups excluding carboxylic acids is 4. The molecule has 0 bridgehead atoms. The maximum atomic E-state index is 13.3. The summed E-state index contributed by atoms with van der Waals surface area (Å²) in [5, 5.41) is 2.68. The Morgan fingerprint density at radius 2 is 1.62 bits per heavy atom. The molecule has 39 heavy (non-hydrogen) atoms. The zero-order valence-electron chi connectivity index (χ0n) is 22.6. The molecule has 0 radical (unpaired) electrons. The molecule has 1 aliphatic rings. The van der Waals surface area contributed by atoms with Crippen LogP contribution in [0.15, 0.2) is 60.7 Å². The van der Waals surface area contributed by atoms with Crippen LogP contribution >= 0.6 is 0 Å². The van der Waals surface area contributed by atoms with Gasteiger partial charge in [-0.3, -0.25) is 9.59 Å². The molecule has 3 rings (SSSR count). The van der Waals surface area contributed by atoms with Gasteiger partial charge in [0.05, 0.1) is 13.2 Å². The highest BCUT2D eigenvalue weighted by Gasteiger charge is 2.38. The lowest BCUT2D eigenvalue weighted by Gasteiger charge is -2.28. The Morgan fingerprint density at radius 3 is 2.23 bits per heavy atom. The van der Waals surface area contributed by atoms with Gasteiger partial charge in [-0.15, -0.1) is 0 Å². The second kappa shape index (κ2) is 13.9. The predicted octanol–water partition coefficient (Wildman–Crippen LogP) is 2.73. The number of benzene rings is 2. The molecule has 0 unspecified atom stereocenters. The van der Waals surface area contributed by atoms with Crippen molar-refractivity contribution in [2.75, 3.05) is 13.2 Å². The zero-order valence-corrected chi connectivity index (χ0v) is 22.6. The Bertz CT molecular complexity index is 1120. The molecule has 3 N–H and O–H groups in total. The molecule has 2 amide bonds. The summed E-state index contributed by atoms with van der Waals surface area (Å²) in [4.78, 5) is 52.8. The molecule has 10 heteroatoms. The van der Waals surface area contributed by atoms with E-state index in [0.29, 0.717) is 26.0 Å². The van der Waals surface area contributed by atoms with Crippen molar-refractivity contribution >= 4 is 23.9 Å². The van der Waals surface area contributed by atoms with E-state index in [1.165, 1.54) is 4.90 Å². The van der Waals surface area contributed by atoms with Crippen LogP contribution in [-0.4, -0.2) is 65.7 Å². The van der Waals surface area contributed by atoms with Crippen LogP contribution < -0.4 is 11.1 Å². The number of rotatable bonds is 10. The molecular formula is C29H37N3O7. The van der Waals surface area contributed by atoms with E-state index in [9.17, 15) is 19.2 Å². The summed E-state index contributed by atoms with van der Waals surface area (Å²) in [6.45, 7) is 5.60. The molecule has 2 aromatic rings. The Morgan fingerprint density at radius 1 is 1.00 bits per heavy atom. The lowest BCUT2D eigenvalue weighted by molar-refractivity contribution is -0.147. The minimum Gasteiger partial charge on any atom is -0.428 e. The van der Waals surface area contributed by atoms with Gasteiger partial charge < -0.3 is 30.2 Å². The smallest absolute Gasteiger partial charge is 0.428 e. The van der Waals surface area contributed by atoms with Gasteiger partial charge in [0, 0.05) is 13.0 Å². The summed E-state index contributed by atoms with van der Waals surface area (Å²) in [6.07, 6.45) is -0.0534. The summed E-state index contributed by atoms with van der Waals surface area (Å²) in [5.41, 5.74) is 6.96. The molecule has 2 aromatic carbocycles. The summed E-state index contributed by atoms with van der Waals surface area (Å²) in [5.74, 6) is -1.89. The van der Waals surface area contributed by atoms with E-state index in [1.54, 1.807) is 45.0 Å². The zero-order chi connectivity index (χ0) is 28.4. The lowest BCUT2D eigenvalue weighted by Crippen LogP contribution is -2.55. The van der Waals surface area contributed by atoms with E-state index >= 15 is 0 Å². The van der Waals surface area contributed by atoms with Gasteiger partial charge in [-0.2, -0.15) is 0 Å². The number of nitrogens with zero attached hydrogens (tertiary/aromatic N) is 1. The predicted molar refractivity (Wildman–Crippen MR) is 143 cm³/mol. The Balaban J connectivity index is 1.63. The van der Waals surface area contributed by atoms with E-state index in [-0.39, 0.29) is 13.0 Å². The summed E-state index contributed by atoms with van der Waals surface area (Å²) >= 11 is 0. The number of hydrogen-bond acceptors (Lipinski definition) is 8. The Hall–Kier alpha value is -3.76. The molecule has 1 heterocycles. The van der Waals surface area contributed by atoms with Crippen LogP contribution in [-0.2, 0) is 41.6 Å². The first-order valence-electron chi connectivity index (χ1n) is 13.0. The Kier molecular flexibility index (Phi) is 10.6. The SMILES string of the molecule is CC(C)(C)OC(=O)OC(=O)[C@H](Cc1ccccc1)NC(=O)[C@@H]1CCCN1C(=O)[C@@H](N)COCc1ccccc1. The average molecular weight is 540 g/mol. The van der Waals surface area contributed by atoms with Crippen LogP contribution in [0.4, 0.5) is 4.79 Å². The number of nitrogens with two attached hydrogens (primary N) is 1. The second-order valence-electron chi connectivity index (χ2n) is 10.4. The van der Waals surface area contributed by atoms with Crippen molar-refractivity contribution < 1.29 is 33.4 Å². The first kappa shape index (κ1) is 29.8. The summed E-state index contributed by atoms with van der Waals surface area (Å²) in [6, 6.07) is 15.6. The van der Waals surface area contributed by atoms with Crippen LogP contribution in [0.1, 0.15) is 44.7 Å². The number of esters is 1. The van der Waals surface area contributed by atoms with E-state index in [2.05, 4.69) is 5.32 Å². The maximum Gasteiger partial charge on any atom is 0.516 e. The molecule has 0 saturated carbocycles. The van der Waals surface area contributed by atoms with Gasteiger partial charge in [0.25, 0.3) is 0 Å². The monoisotopic (exact) mass is 539 g/mol. The molecular weight excluding hydrogens is 502 g/mol. The topological polar surface area (TPSA) is 137 Å². The highest BCUT2D eigenvalue weighted by molar-refractivity contribution is 5.94. The highest BCUT2D eigenvalue weighted by Crippen LogP contribution is 2.19. The van der Waals surface area contributed by atoms with Crippen molar-refractivity contribution in [2.24, 2.45) is 5.73 Å². The number of ether oxygens (including phenoxy) is 3. The molecule has 1 fully saturated rings. The van der Waals surface area contributed by atoms with Crippen LogP contribution in [0.5, 0.6) is 0 Å². The standard InChI is InChI=1S/C29H37N3O7/c1-29(2,3)39-28(36)38-27(35)23(17-20-11-6-4-7-12-20)31-25(33)24-15-10-16-32(24)26(34)22(30)19-37-18-21-13-8-5-9-14-21/h4-9,11-14,22-24H,10,15-19,30H2,1-3H3,(H,31,33)/t22-,23-,24-/m0/s1. The maximum absolute atomic E-state index is 13.3. The van der Waals surface area contributed by atoms with Gasteiger partial charge in [-0.1, -0.05) is 60.7 Å². The van der Waals surface area contributed by atoms with Crippen LogP contribution in [0.3, 0.4) is 0 Å². The van der Waals surface area contributed by atoms with E-state index in [0.717, 1.165) is 11.1 Å². The molecule has 1 saturated heterocycles. The van der Waals surface area contributed by atoms with Crippen molar-refractivity contribution in [2.45, 2.75) is 70.4 Å². The van der Waals surface area contributed by atoms with Crippen molar-refractivity contribution in [3.05, 3.63) is 71.8 Å². The number of carbonyl (C=O) groups is 4. The van der Waals surface area contributed by atoms with Crippen LogP contribution in [0, 0.1) is 0 Å². The number of likely N-dealkylation sites (tertiary alicyclic amines) is 1. The van der Waals surface area contributed by atoms with Crippen molar-refractivity contribution in [3.8, 4) is 0 Å². The summed E-state index contributed by atoms with van der Waals surface area (Å²) < 4.78 is 15.6. The number of amides is 2. The Labute approximate surface area is 228 Å². The molecule has 0 aliphatic carbocycles. The third-order valence-electron chi connectivity index (χ3n) is 6.02. The third-order valence-corrected chi connectivity index (χ3v) is 6.02. The third kappa shape index (κ3) is 9.49. The first-order valence-corrected chi connectivity index (χ1v) is 13.0.